The predicted molar refractivity (Wildman–Crippen MR) is 137 cm³/mol. The van der Waals surface area contributed by atoms with Crippen LogP contribution in [0.15, 0.2) is 4.99 Å². The number of nitrogens with zero attached hydrogens (tertiary/aromatic N) is 3. The van der Waals surface area contributed by atoms with Crippen LogP contribution in [0.25, 0.3) is 0 Å². The summed E-state index contributed by atoms with van der Waals surface area (Å²) in [7, 11) is 1.91. The van der Waals surface area contributed by atoms with Crippen molar-refractivity contribution in [3.8, 4) is 0 Å². The van der Waals surface area contributed by atoms with Crippen LogP contribution in [-0.2, 0) is 4.74 Å². The van der Waals surface area contributed by atoms with Gasteiger partial charge in [0.25, 0.3) is 0 Å². The molecule has 2 N–H and O–H groups in total. The number of likely N-dealkylation sites (tertiary alicyclic amines) is 1. The SMILES string of the molecule is CCN1CCC(CCNC(=NC)NCC2(CN3CCOCC3)CCCCC2)CC1.I. The Balaban J connectivity index is 0.00000320. The van der Waals surface area contributed by atoms with Gasteiger partial charge in [-0.1, -0.05) is 26.2 Å². The highest BCUT2D eigenvalue weighted by atomic mass is 127. The molecule has 3 rings (SSSR count). The number of ether oxygens (including phenoxy) is 1. The summed E-state index contributed by atoms with van der Waals surface area (Å²) in [6.45, 7) is 13.3. The van der Waals surface area contributed by atoms with Crippen LogP contribution in [0.1, 0.15) is 58.3 Å². The third-order valence-corrected chi connectivity index (χ3v) is 7.43. The van der Waals surface area contributed by atoms with E-state index in [-0.39, 0.29) is 24.0 Å². The van der Waals surface area contributed by atoms with Crippen molar-refractivity contribution in [3.63, 3.8) is 0 Å². The Labute approximate surface area is 202 Å². The standard InChI is InChI=1S/C23H45N5O.HI/c1-3-27-13-8-21(9-14-27)7-12-25-22(24-2)26-19-23(10-5-4-6-11-23)20-28-15-17-29-18-16-28;/h21H,3-20H2,1-2H3,(H2,24,25,26);1H. The molecule has 0 aromatic heterocycles. The molecule has 6 nitrogen and oxygen atoms in total. The Morgan fingerprint density at radius 3 is 2.33 bits per heavy atom. The number of morpholine rings is 1. The highest BCUT2D eigenvalue weighted by molar-refractivity contribution is 14.0. The molecule has 0 bridgehead atoms. The lowest BCUT2D eigenvalue weighted by Crippen LogP contribution is -2.51. The lowest BCUT2D eigenvalue weighted by molar-refractivity contribution is 0.00820. The summed E-state index contributed by atoms with van der Waals surface area (Å²) in [5.74, 6) is 1.86. The summed E-state index contributed by atoms with van der Waals surface area (Å²) in [4.78, 5) is 9.70. The van der Waals surface area contributed by atoms with Gasteiger partial charge < -0.3 is 20.3 Å². The molecule has 2 heterocycles. The lowest BCUT2D eigenvalue weighted by Gasteiger charge is -2.42. The van der Waals surface area contributed by atoms with E-state index in [0.29, 0.717) is 5.41 Å². The summed E-state index contributed by atoms with van der Waals surface area (Å²) in [6, 6.07) is 0. The number of nitrogens with one attached hydrogen (secondary N) is 2. The molecular weight excluding hydrogens is 489 g/mol. The van der Waals surface area contributed by atoms with Crippen molar-refractivity contribution in [1.29, 1.82) is 0 Å². The quantitative estimate of drug-likeness (QED) is 0.284. The number of rotatable bonds is 8. The van der Waals surface area contributed by atoms with E-state index >= 15 is 0 Å². The Bertz CT molecular complexity index is 484. The lowest BCUT2D eigenvalue weighted by atomic mass is 9.73. The van der Waals surface area contributed by atoms with E-state index in [1.165, 1.54) is 77.5 Å². The number of guanidine groups is 1. The van der Waals surface area contributed by atoms with E-state index in [9.17, 15) is 0 Å². The Hall–Kier alpha value is -0.120. The number of hydrogen-bond donors (Lipinski definition) is 2. The number of hydrogen-bond acceptors (Lipinski definition) is 4. The first kappa shape index (κ1) is 26.1. The van der Waals surface area contributed by atoms with Crippen LogP contribution in [0.2, 0.25) is 0 Å². The fraction of sp³-hybridized carbons (Fsp3) is 0.957. The monoisotopic (exact) mass is 535 g/mol. The van der Waals surface area contributed by atoms with Crippen molar-refractivity contribution in [2.24, 2.45) is 16.3 Å². The van der Waals surface area contributed by atoms with Gasteiger partial charge in [0.05, 0.1) is 13.2 Å². The van der Waals surface area contributed by atoms with E-state index in [1.807, 2.05) is 7.05 Å². The fourth-order valence-electron chi connectivity index (χ4n) is 5.40. The molecule has 2 saturated heterocycles. The van der Waals surface area contributed by atoms with Gasteiger partial charge in [-0.05, 0) is 57.7 Å². The molecular formula is C23H46IN5O. The van der Waals surface area contributed by atoms with Crippen molar-refractivity contribution >= 4 is 29.9 Å². The average Bonchev–Trinajstić information content (AvgIpc) is 2.78. The summed E-state index contributed by atoms with van der Waals surface area (Å²) in [5, 5.41) is 7.29. The number of piperidine rings is 1. The minimum Gasteiger partial charge on any atom is -0.379 e. The second-order valence-corrected chi connectivity index (χ2v) is 9.47. The van der Waals surface area contributed by atoms with Gasteiger partial charge in [-0.25, -0.2) is 0 Å². The van der Waals surface area contributed by atoms with Crippen LogP contribution in [0.3, 0.4) is 0 Å². The van der Waals surface area contributed by atoms with Gasteiger partial charge in [0.2, 0.25) is 0 Å². The molecule has 2 aliphatic heterocycles. The maximum absolute atomic E-state index is 5.55. The van der Waals surface area contributed by atoms with Crippen molar-refractivity contribution < 1.29 is 4.74 Å². The highest BCUT2D eigenvalue weighted by Crippen LogP contribution is 2.36. The Morgan fingerprint density at radius 2 is 1.70 bits per heavy atom. The first-order valence-corrected chi connectivity index (χ1v) is 12.2. The molecule has 0 atom stereocenters. The average molecular weight is 536 g/mol. The van der Waals surface area contributed by atoms with Gasteiger partial charge in [0.15, 0.2) is 5.96 Å². The minimum atomic E-state index is 0. The molecule has 0 aromatic rings. The van der Waals surface area contributed by atoms with Gasteiger partial charge in [0, 0.05) is 45.2 Å². The summed E-state index contributed by atoms with van der Waals surface area (Å²) in [6.07, 6.45) is 10.8. The molecule has 0 aromatic carbocycles. The third-order valence-electron chi connectivity index (χ3n) is 7.43. The molecule has 176 valence electrons. The highest BCUT2D eigenvalue weighted by Gasteiger charge is 2.34. The molecule has 3 fully saturated rings. The largest absolute Gasteiger partial charge is 0.379 e. The molecule has 3 aliphatic rings. The zero-order chi connectivity index (χ0) is 20.4. The number of halogens is 1. The van der Waals surface area contributed by atoms with Crippen molar-refractivity contribution in [3.05, 3.63) is 0 Å². The van der Waals surface area contributed by atoms with E-state index in [1.54, 1.807) is 0 Å². The van der Waals surface area contributed by atoms with Crippen LogP contribution >= 0.6 is 24.0 Å². The van der Waals surface area contributed by atoms with Gasteiger partial charge in [-0.15, -0.1) is 24.0 Å². The molecule has 0 spiro atoms. The zero-order valence-electron chi connectivity index (χ0n) is 19.5. The molecule has 0 unspecified atom stereocenters. The van der Waals surface area contributed by atoms with Crippen LogP contribution in [0, 0.1) is 11.3 Å². The zero-order valence-corrected chi connectivity index (χ0v) is 21.8. The molecule has 0 radical (unpaired) electrons. The minimum absolute atomic E-state index is 0. The van der Waals surface area contributed by atoms with Gasteiger partial charge in [-0.2, -0.15) is 0 Å². The van der Waals surface area contributed by atoms with E-state index in [4.69, 9.17) is 4.74 Å². The Morgan fingerprint density at radius 1 is 1.00 bits per heavy atom. The normalized spacial score (nSPS) is 24.3. The van der Waals surface area contributed by atoms with Crippen LogP contribution in [-0.4, -0.2) is 88.4 Å². The molecule has 7 heteroatoms. The molecule has 30 heavy (non-hydrogen) atoms. The van der Waals surface area contributed by atoms with Crippen molar-refractivity contribution in [2.45, 2.75) is 58.3 Å². The van der Waals surface area contributed by atoms with E-state index < -0.39 is 0 Å². The number of aliphatic imine (C=N–C) groups is 1. The smallest absolute Gasteiger partial charge is 0.190 e. The van der Waals surface area contributed by atoms with Crippen molar-refractivity contribution in [2.75, 3.05) is 72.6 Å². The summed E-state index contributed by atoms with van der Waals surface area (Å²) >= 11 is 0. The first-order chi connectivity index (χ1) is 14.2. The summed E-state index contributed by atoms with van der Waals surface area (Å²) < 4.78 is 5.55. The van der Waals surface area contributed by atoms with Crippen LogP contribution in [0.4, 0.5) is 0 Å². The van der Waals surface area contributed by atoms with E-state index in [2.05, 4.69) is 32.3 Å². The third kappa shape index (κ3) is 8.43. The fourth-order valence-corrected chi connectivity index (χ4v) is 5.40. The second-order valence-electron chi connectivity index (χ2n) is 9.47. The van der Waals surface area contributed by atoms with Gasteiger partial charge in [-0.3, -0.25) is 9.89 Å². The van der Waals surface area contributed by atoms with Gasteiger partial charge >= 0.3 is 0 Å². The Kier molecular flexibility index (Phi) is 12.3. The first-order valence-electron chi connectivity index (χ1n) is 12.2. The van der Waals surface area contributed by atoms with Gasteiger partial charge in [0.1, 0.15) is 0 Å². The molecule has 1 aliphatic carbocycles. The molecule has 0 amide bonds. The summed E-state index contributed by atoms with van der Waals surface area (Å²) in [5.41, 5.74) is 0.389. The van der Waals surface area contributed by atoms with Crippen molar-refractivity contribution in [1.82, 2.24) is 20.4 Å². The predicted octanol–water partition coefficient (Wildman–Crippen LogP) is 3.17. The maximum atomic E-state index is 5.55. The molecule has 1 saturated carbocycles. The van der Waals surface area contributed by atoms with Crippen LogP contribution < -0.4 is 10.6 Å². The van der Waals surface area contributed by atoms with E-state index in [0.717, 1.165) is 51.3 Å². The maximum Gasteiger partial charge on any atom is 0.190 e. The van der Waals surface area contributed by atoms with Crippen LogP contribution in [0.5, 0.6) is 0 Å². The second kappa shape index (κ2) is 14.1. The topological polar surface area (TPSA) is 52.1 Å².